The number of amides is 3. The Morgan fingerprint density at radius 3 is 2.50 bits per heavy atom. The van der Waals surface area contributed by atoms with E-state index in [9.17, 15) is 14.4 Å². The molecule has 212 valence electrons. The number of rotatable bonds is 7. The summed E-state index contributed by atoms with van der Waals surface area (Å²) in [5.74, 6) is -0.0837. The van der Waals surface area contributed by atoms with E-state index in [1.807, 2.05) is 31.2 Å². The number of benzene rings is 2. The highest BCUT2D eigenvalue weighted by molar-refractivity contribution is 6.15. The van der Waals surface area contributed by atoms with Gasteiger partial charge in [-0.25, -0.2) is 0 Å². The van der Waals surface area contributed by atoms with E-state index in [4.69, 9.17) is 5.73 Å². The Bertz CT molecular complexity index is 1340. The maximum Gasteiger partial charge on any atom is 0.256 e. The highest BCUT2D eigenvalue weighted by atomic mass is 16.2. The van der Waals surface area contributed by atoms with Crippen molar-refractivity contribution in [1.82, 2.24) is 15.1 Å². The summed E-state index contributed by atoms with van der Waals surface area (Å²) in [5.41, 5.74) is 10.3. The molecule has 1 saturated heterocycles. The van der Waals surface area contributed by atoms with E-state index in [0.717, 1.165) is 42.6 Å². The summed E-state index contributed by atoms with van der Waals surface area (Å²) in [6.45, 7) is 6.56. The van der Waals surface area contributed by atoms with Crippen LogP contribution in [0.25, 0.3) is 0 Å². The number of likely N-dealkylation sites (N-methyl/N-ethyl adjacent to an activating group) is 1. The summed E-state index contributed by atoms with van der Waals surface area (Å²) in [6, 6.07) is 12.0. The first-order chi connectivity index (χ1) is 19.1. The van der Waals surface area contributed by atoms with Crippen molar-refractivity contribution in [2.45, 2.75) is 39.3 Å². The fraction of sp³-hybridized carbons (Fsp3) is 0.419. The fourth-order valence-corrected chi connectivity index (χ4v) is 5.43. The minimum Gasteiger partial charge on any atom is -0.404 e. The fourth-order valence-electron chi connectivity index (χ4n) is 5.43. The molecule has 2 aromatic carbocycles. The first kappa shape index (κ1) is 29.0. The number of carbonyl (C=O) groups is 3. The molecule has 2 aliphatic heterocycles. The minimum absolute atomic E-state index is 0.125. The molecule has 0 unspecified atom stereocenters. The molecule has 2 aliphatic rings. The molecule has 3 N–H and O–H groups in total. The largest absolute Gasteiger partial charge is 0.404 e. The van der Waals surface area contributed by atoms with E-state index < -0.39 is 6.04 Å². The predicted octanol–water partition coefficient (Wildman–Crippen LogP) is 3.05. The normalized spacial score (nSPS) is 19.5. The lowest BCUT2D eigenvalue weighted by Crippen LogP contribution is -2.45. The number of carbonyl (C=O) groups excluding carboxylic acids is 3. The number of nitrogens with one attached hydrogen (secondary N) is 1. The number of allylic oxidation sites excluding steroid dienone is 1. The minimum atomic E-state index is -0.694. The summed E-state index contributed by atoms with van der Waals surface area (Å²) in [7, 11) is 5.49. The Balaban J connectivity index is 1.55. The van der Waals surface area contributed by atoms with Crippen LogP contribution in [0.5, 0.6) is 0 Å². The van der Waals surface area contributed by atoms with Crippen molar-refractivity contribution in [1.29, 1.82) is 0 Å². The topological polar surface area (TPSA) is 111 Å². The molecule has 4 rings (SSSR count). The third-order valence-corrected chi connectivity index (χ3v) is 8.06. The molecular formula is C31H40N6O3. The van der Waals surface area contributed by atoms with E-state index >= 15 is 0 Å². The standard InChI is InChI=1S/C31H40N6O3/c1-20(17-32)28(33-3)24-9-10-26-27(16-24)36(5)30(39)21(2)37(31(26)40)19-23-7-6-8-25(15-23)29(38)34-18-22-11-13-35(4)14-12-22/h6-10,15-17,21-22H,11-14,18-19,32H2,1-5H3,(H,34,38)/t21-/m1/s1. The Morgan fingerprint density at radius 2 is 1.82 bits per heavy atom. The van der Waals surface area contributed by atoms with Crippen LogP contribution in [0.15, 0.2) is 59.2 Å². The molecule has 0 radical (unpaired) electrons. The monoisotopic (exact) mass is 544 g/mol. The predicted molar refractivity (Wildman–Crippen MR) is 159 cm³/mol. The second-order valence-corrected chi connectivity index (χ2v) is 10.8. The van der Waals surface area contributed by atoms with Gasteiger partial charge in [0.2, 0.25) is 5.91 Å². The lowest BCUT2D eigenvalue weighted by atomic mass is 9.97. The average Bonchev–Trinajstić information content (AvgIpc) is 3.03. The molecule has 1 atom stereocenters. The van der Waals surface area contributed by atoms with Crippen molar-refractivity contribution in [3.8, 4) is 0 Å². The number of fused-ring (bicyclic) bond motifs is 1. The molecule has 3 amide bonds. The quantitative estimate of drug-likeness (QED) is 0.521. The molecule has 40 heavy (non-hydrogen) atoms. The van der Waals surface area contributed by atoms with Gasteiger partial charge in [-0.3, -0.25) is 19.4 Å². The van der Waals surface area contributed by atoms with Crippen LogP contribution >= 0.6 is 0 Å². The first-order valence-corrected chi connectivity index (χ1v) is 13.8. The van der Waals surface area contributed by atoms with Crippen LogP contribution in [0.3, 0.4) is 0 Å². The SMILES string of the molecule is CN=C(C(C)=CN)c1ccc2c(c1)N(C)C(=O)[C@@H](C)N(Cc1cccc(C(=O)NCC3CCN(C)CC3)c1)C2=O. The van der Waals surface area contributed by atoms with Crippen LogP contribution in [0, 0.1) is 5.92 Å². The maximum absolute atomic E-state index is 13.8. The van der Waals surface area contributed by atoms with E-state index in [1.54, 1.807) is 44.1 Å². The van der Waals surface area contributed by atoms with Crippen molar-refractivity contribution in [2.24, 2.45) is 16.6 Å². The van der Waals surface area contributed by atoms with Gasteiger partial charge in [0, 0.05) is 38.3 Å². The number of hydrogen-bond donors (Lipinski definition) is 2. The van der Waals surface area contributed by atoms with Crippen molar-refractivity contribution in [3.63, 3.8) is 0 Å². The lowest BCUT2D eigenvalue weighted by Gasteiger charge is -2.29. The van der Waals surface area contributed by atoms with Gasteiger partial charge < -0.3 is 25.8 Å². The van der Waals surface area contributed by atoms with Gasteiger partial charge in [0.1, 0.15) is 6.04 Å². The van der Waals surface area contributed by atoms with Crippen LogP contribution in [-0.4, -0.2) is 80.1 Å². The summed E-state index contributed by atoms with van der Waals surface area (Å²) < 4.78 is 0. The molecule has 0 bridgehead atoms. The zero-order valence-electron chi connectivity index (χ0n) is 24.1. The smallest absolute Gasteiger partial charge is 0.256 e. The van der Waals surface area contributed by atoms with Crippen molar-refractivity contribution >= 4 is 29.1 Å². The Morgan fingerprint density at radius 1 is 1.10 bits per heavy atom. The van der Waals surface area contributed by atoms with Crippen molar-refractivity contribution in [2.75, 3.05) is 45.7 Å². The van der Waals surface area contributed by atoms with Gasteiger partial charge >= 0.3 is 0 Å². The van der Waals surface area contributed by atoms with Crippen LogP contribution in [0.1, 0.15) is 58.5 Å². The Hall–Kier alpha value is -3.98. The Labute approximate surface area is 236 Å². The molecule has 9 nitrogen and oxygen atoms in total. The zero-order chi connectivity index (χ0) is 29.0. The molecule has 0 aliphatic carbocycles. The molecule has 0 aromatic heterocycles. The van der Waals surface area contributed by atoms with Gasteiger partial charge in [-0.05, 0) is 94.3 Å². The molecule has 0 spiro atoms. The van der Waals surface area contributed by atoms with Gasteiger partial charge in [0.15, 0.2) is 0 Å². The molecule has 0 saturated carbocycles. The third kappa shape index (κ3) is 6.09. The molecule has 2 heterocycles. The van der Waals surface area contributed by atoms with Crippen LogP contribution in [-0.2, 0) is 11.3 Å². The average molecular weight is 545 g/mol. The summed E-state index contributed by atoms with van der Waals surface area (Å²) >= 11 is 0. The zero-order valence-corrected chi connectivity index (χ0v) is 24.1. The summed E-state index contributed by atoms with van der Waals surface area (Å²) in [6.07, 6.45) is 3.64. The highest BCUT2D eigenvalue weighted by Gasteiger charge is 2.36. The Kier molecular flexibility index (Phi) is 9.04. The van der Waals surface area contributed by atoms with Gasteiger partial charge in [-0.2, -0.15) is 0 Å². The summed E-state index contributed by atoms with van der Waals surface area (Å²) in [4.78, 5) is 49.9. The van der Waals surface area contributed by atoms with Crippen LogP contribution in [0.2, 0.25) is 0 Å². The molecular weight excluding hydrogens is 504 g/mol. The van der Waals surface area contributed by atoms with Crippen LogP contribution < -0.4 is 16.0 Å². The van der Waals surface area contributed by atoms with E-state index in [2.05, 4.69) is 22.3 Å². The third-order valence-electron chi connectivity index (χ3n) is 8.06. The number of hydrogen-bond acceptors (Lipinski definition) is 6. The maximum atomic E-state index is 13.8. The second-order valence-electron chi connectivity index (χ2n) is 10.8. The molecule has 2 aromatic rings. The second kappa shape index (κ2) is 12.5. The van der Waals surface area contributed by atoms with Crippen molar-refractivity contribution < 1.29 is 14.4 Å². The number of piperidine rings is 1. The number of nitrogens with two attached hydrogens (primary N) is 1. The summed E-state index contributed by atoms with van der Waals surface area (Å²) in [5, 5.41) is 3.08. The first-order valence-electron chi connectivity index (χ1n) is 13.8. The number of nitrogens with zero attached hydrogens (tertiary/aromatic N) is 4. The highest BCUT2D eigenvalue weighted by Crippen LogP contribution is 2.30. The van der Waals surface area contributed by atoms with Gasteiger partial charge in [-0.15, -0.1) is 0 Å². The molecule has 9 heteroatoms. The number of anilines is 1. The van der Waals surface area contributed by atoms with Crippen molar-refractivity contribution in [3.05, 3.63) is 76.5 Å². The van der Waals surface area contributed by atoms with E-state index in [-0.39, 0.29) is 24.3 Å². The van der Waals surface area contributed by atoms with E-state index in [1.165, 1.54) is 11.1 Å². The number of aliphatic imine (C=N–C) groups is 1. The van der Waals surface area contributed by atoms with Gasteiger partial charge in [-0.1, -0.05) is 18.2 Å². The van der Waals surface area contributed by atoms with Crippen LogP contribution in [0.4, 0.5) is 5.69 Å². The number of likely N-dealkylation sites (tertiary alicyclic amines) is 1. The van der Waals surface area contributed by atoms with E-state index in [0.29, 0.717) is 35.0 Å². The molecule has 1 fully saturated rings. The van der Waals surface area contributed by atoms with Gasteiger partial charge in [0.05, 0.1) is 17.0 Å². The van der Waals surface area contributed by atoms with Gasteiger partial charge in [0.25, 0.3) is 11.8 Å². The lowest BCUT2D eigenvalue weighted by molar-refractivity contribution is -0.122.